The average molecular weight is 424 g/mol. The SMILES string of the molecule is CCC(C)(CC1OC(c2nc(C)c(=O)[nH]c2F)C(F)C1O)OP(=O)(O)C(C)C. The van der Waals surface area contributed by atoms with Crippen LogP contribution in [0.2, 0.25) is 0 Å². The summed E-state index contributed by atoms with van der Waals surface area (Å²) >= 11 is 0. The maximum Gasteiger partial charge on any atom is 0.331 e. The standard InChI is InChI=1S/C17H27F2N2O6P/c1-6-17(5,27-28(24,25)8(2)3)7-10-13(22)11(18)14(26-10)12-15(19)21-16(23)9(4)20-12/h8,10-11,13-14,22H,6-7H2,1-5H3,(H,21,23)(H,24,25). The molecule has 6 atom stereocenters. The van der Waals surface area contributed by atoms with Crippen molar-refractivity contribution >= 4 is 7.60 Å². The summed E-state index contributed by atoms with van der Waals surface area (Å²) in [5.74, 6) is -1.13. The van der Waals surface area contributed by atoms with E-state index in [-0.39, 0.29) is 12.1 Å². The summed E-state index contributed by atoms with van der Waals surface area (Å²) in [7, 11) is -3.93. The Morgan fingerprint density at radius 1 is 1.46 bits per heavy atom. The molecular formula is C17H27F2N2O6P. The van der Waals surface area contributed by atoms with Crippen molar-refractivity contribution in [3.63, 3.8) is 0 Å². The van der Waals surface area contributed by atoms with Crippen LogP contribution in [0.5, 0.6) is 0 Å². The predicted octanol–water partition coefficient (Wildman–Crippen LogP) is 2.53. The number of nitrogens with zero attached hydrogens (tertiary/aromatic N) is 1. The number of aromatic nitrogens is 2. The van der Waals surface area contributed by atoms with E-state index < -0.39 is 60.5 Å². The van der Waals surface area contributed by atoms with E-state index in [1.807, 2.05) is 4.98 Å². The zero-order valence-corrected chi connectivity index (χ0v) is 17.4. The van der Waals surface area contributed by atoms with E-state index in [1.54, 1.807) is 27.7 Å². The lowest BCUT2D eigenvalue weighted by atomic mass is 9.93. The van der Waals surface area contributed by atoms with Gasteiger partial charge < -0.3 is 19.3 Å². The molecule has 2 heterocycles. The van der Waals surface area contributed by atoms with Crippen molar-refractivity contribution in [1.29, 1.82) is 0 Å². The Bertz CT molecular complexity index is 819. The van der Waals surface area contributed by atoms with Gasteiger partial charge in [-0.1, -0.05) is 20.8 Å². The molecule has 0 bridgehead atoms. The summed E-state index contributed by atoms with van der Waals surface area (Å²) in [6.07, 6.45) is -6.06. The molecule has 1 aliphatic heterocycles. The van der Waals surface area contributed by atoms with Crippen LogP contribution in [0.15, 0.2) is 4.79 Å². The predicted molar refractivity (Wildman–Crippen MR) is 97.4 cm³/mol. The van der Waals surface area contributed by atoms with E-state index in [9.17, 15) is 28.1 Å². The van der Waals surface area contributed by atoms with Gasteiger partial charge in [0.05, 0.1) is 17.4 Å². The van der Waals surface area contributed by atoms with Crippen molar-refractivity contribution in [2.75, 3.05) is 0 Å². The van der Waals surface area contributed by atoms with Crippen LogP contribution in [-0.2, 0) is 13.8 Å². The topological polar surface area (TPSA) is 122 Å². The summed E-state index contributed by atoms with van der Waals surface area (Å²) in [6.45, 7) is 7.71. The van der Waals surface area contributed by atoms with Gasteiger partial charge in [-0.15, -0.1) is 0 Å². The van der Waals surface area contributed by atoms with E-state index in [0.717, 1.165) is 0 Å². The second kappa shape index (κ2) is 8.28. The molecule has 2 rings (SSSR count). The molecule has 1 fully saturated rings. The molecule has 6 unspecified atom stereocenters. The van der Waals surface area contributed by atoms with Crippen LogP contribution in [0.25, 0.3) is 0 Å². The zero-order chi connectivity index (χ0) is 21.4. The summed E-state index contributed by atoms with van der Waals surface area (Å²) in [5, 5.41) is 10.3. The number of aromatic amines is 1. The fourth-order valence-corrected chi connectivity index (χ4v) is 3.97. The van der Waals surface area contributed by atoms with Crippen LogP contribution in [0.1, 0.15) is 58.0 Å². The highest BCUT2D eigenvalue weighted by molar-refractivity contribution is 7.53. The lowest BCUT2D eigenvalue weighted by molar-refractivity contribution is -0.0484. The Morgan fingerprint density at radius 3 is 2.61 bits per heavy atom. The minimum atomic E-state index is -3.93. The van der Waals surface area contributed by atoms with Crippen LogP contribution in [0, 0.1) is 12.9 Å². The average Bonchev–Trinajstić information content (AvgIpc) is 2.85. The van der Waals surface area contributed by atoms with E-state index in [4.69, 9.17) is 9.26 Å². The Morgan fingerprint density at radius 2 is 2.07 bits per heavy atom. The number of ether oxygens (including phenoxy) is 1. The Labute approximate surface area is 161 Å². The van der Waals surface area contributed by atoms with Crippen LogP contribution in [0.3, 0.4) is 0 Å². The third kappa shape index (κ3) is 4.68. The van der Waals surface area contributed by atoms with E-state index in [1.165, 1.54) is 6.92 Å². The highest BCUT2D eigenvalue weighted by Gasteiger charge is 2.50. The molecule has 11 heteroatoms. The fraction of sp³-hybridized carbons (Fsp3) is 0.765. The Hall–Kier alpha value is -1.19. The van der Waals surface area contributed by atoms with Crippen LogP contribution in [-0.4, -0.2) is 49.6 Å². The molecule has 1 aliphatic rings. The smallest absolute Gasteiger partial charge is 0.331 e. The minimum Gasteiger partial charge on any atom is -0.387 e. The molecule has 0 aromatic carbocycles. The quantitative estimate of drug-likeness (QED) is 0.575. The number of rotatable bonds is 7. The number of H-pyrrole nitrogens is 1. The van der Waals surface area contributed by atoms with Crippen LogP contribution in [0.4, 0.5) is 8.78 Å². The molecule has 0 saturated carbocycles. The minimum absolute atomic E-state index is 0.0648. The number of aliphatic hydroxyl groups is 1. The summed E-state index contributed by atoms with van der Waals surface area (Å²) in [4.78, 5) is 27.2. The molecule has 1 saturated heterocycles. The van der Waals surface area contributed by atoms with Crippen molar-refractivity contribution in [2.45, 2.75) is 83.2 Å². The largest absolute Gasteiger partial charge is 0.387 e. The maximum absolute atomic E-state index is 14.7. The van der Waals surface area contributed by atoms with Gasteiger partial charge in [0.15, 0.2) is 6.17 Å². The van der Waals surface area contributed by atoms with Gasteiger partial charge in [-0.05, 0) is 20.3 Å². The molecule has 1 aromatic rings. The first-order valence-electron chi connectivity index (χ1n) is 9.08. The van der Waals surface area contributed by atoms with E-state index in [0.29, 0.717) is 6.42 Å². The van der Waals surface area contributed by atoms with Crippen molar-refractivity contribution in [1.82, 2.24) is 9.97 Å². The highest BCUT2D eigenvalue weighted by atomic mass is 31.2. The van der Waals surface area contributed by atoms with Gasteiger partial charge in [0.25, 0.3) is 5.56 Å². The number of aryl methyl sites for hydroxylation is 1. The Kier molecular flexibility index (Phi) is 6.83. The molecule has 28 heavy (non-hydrogen) atoms. The third-order valence-electron chi connectivity index (χ3n) is 5.04. The monoisotopic (exact) mass is 424 g/mol. The maximum atomic E-state index is 14.7. The number of nitrogens with one attached hydrogen (secondary N) is 1. The van der Waals surface area contributed by atoms with Gasteiger partial charge in [-0.3, -0.25) is 14.3 Å². The molecule has 0 amide bonds. The molecule has 3 N–H and O–H groups in total. The first-order valence-corrected chi connectivity index (χ1v) is 10.7. The van der Waals surface area contributed by atoms with Crippen LogP contribution >= 0.6 is 7.60 Å². The van der Waals surface area contributed by atoms with Crippen LogP contribution < -0.4 is 5.56 Å². The number of hydrogen-bond donors (Lipinski definition) is 3. The molecule has 8 nitrogen and oxygen atoms in total. The number of alkyl halides is 1. The van der Waals surface area contributed by atoms with E-state index in [2.05, 4.69) is 4.98 Å². The van der Waals surface area contributed by atoms with Crippen molar-refractivity contribution in [3.8, 4) is 0 Å². The number of halogens is 2. The lowest BCUT2D eigenvalue weighted by Gasteiger charge is -2.34. The van der Waals surface area contributed by atoms with Gasteiger partial charge in [0, 0.05) is 6.42 Å². The first kappa shape index (κ1) is 23.1. The second-order valence-corrected chi connectivity index (χ2v) is 9.98. The number of hydrogen-bond acceptors (Lipinski definition) is 6. The molecular weight excluding hydrogens is 397 g/mol. The molecule has 0 spiro atoms. The molecule has 160 valence electrons. The third-order valence-corrected chi connectivity index (χ3v) is 7.04. The van der Waals surface area contributed by atoms with Gasteiger partial charge >= 0.3 is 7.60 Å². The van der Waals surface area contributed by atoms with Crippen molar-refractivity contribution < 1.29 is 32.6 Å². The molecule has 1 aromatic heterocycles. The molecule has 0 radical (unpaired) electrons. The Balaban J connectivity index is 2.25. The van der Waals surface area contributed by atoms with Gasteiger partial charge in [-0.2, -0.15) is 4.39 Å². The lowest BCUT2D eigenvalue weighted by Crippen LogP contribution is -2.38. The fourth-order valence-electron chi connectivity index (χ4n) is 2.93. The summed E-state index contributed by atoms with van der Waals surface area (Å²) in [6, 6.07) is 0. The van der Waals surface area contributed by atoms with Crippen molar-refractivity contribution in [3.05, 3.63) is 27.7 Å². The molecule has 0 aliphatic carbocycles. The second-order valence-electron chi connectivity index (χ2n) is 7.64. The first-order chi connectivity index (χ1) is 12.8. The highest BCUT2D eigenvalue weighted by Crippen LogP contribution is 2.53. The van der Waals surface area contributed by atoms with E-state index >= 15 is 0 Å². The normalized spacial score (nSPS) is 29.6. The summed E-state index contributed by atoms with van der Waals surface area (Å²) in [5.41, 5.74) is -3.07. The summed E-state index contributed by atoms with van der Waals surface area (Å²) < 4.78 is 52.0. The van der Waals surface area contributed by atoms with Gasteiger partial charge in [0.1, 0.15) is 23.6 Å². The van der Waals surface area contributed by atoms with Crippen molar-refractivity contribution in [2.24, 2.45) is 0 Å². The van der Waals surface area contributed by atoms with Gasteiger partial charge in [-0.25, -0.2) is 9.37 Å². The van der Waals surface area contributed by atoms with Gasteiger partial charge in [0.2, 0.25) is 5.95 Å². The zero-order valence-electron chi connectivity index (χ0n) is 16.5. The number of aliphatic hydroxyl groups excluding tert-OH is 1.